The minimum atomic E-state index is -1.22. The quantitative estimate of drug-likeness (QED) is 0.156. The number of benzene rings is 2. The van der Waals surface area contributed by atoms with Crippen molar-refractivity contribution in [1.29, 1.82) is 0 Å². The van der Waals surface area contributed by atoms with Gasteiger partial charge in [-0.1, -0.05) is 67.5 Å². The predicted molar refractivity (Wildman–Crippen MR) is 204 cm³/mol. The van der Waals surface area contributed by atoms with Gasteiger partial charge in [-0.3, -0.25) is 8.68 Å². The third kappa shape index (κ3) is 7.39. The fourth-order valence-electron chi connectivity index (χ4n) is 5.79. The number of nitrogens with zero attached hydrogens (tertiary/aromatic N) is 4. The van der Waals surface area contributed by atoms with Crippen molar-refractivity contribution in [2.75, 3.05) is 7.11 Å². The van der Waals surface area contributed by atoms with Crippen molar-refractivity contribution in [3.63, 3.8) is 0 Å². The molecule has 49 heavy (non-hydrogen) atoms. The van der Waals surface area contributed by atoms with Gasteiger partial charge in [0.05, 0.1) is 16.0 Å². The lowest BCUT2D eigenvalue weighted by Crippen LogP contribution is -2.27. The van der Waals surface area contributed by atoms with Crippen molar-refractivity contribution >= 4 is 17.3 Å². The minimum Gasteiger partial charge on any atom is -0.493 e. The molecule has 0 saturated heterocycles. The van der Waals surface area contributed by atoms with Gasteiger partial charge in [-0.25, -0.2) is 0 Å². The summed E-state index contributed by atoms with van der Waals surface area (Å²) in [6.07, 6.45) is 16.4. The third-order valence-electron chi connectivity index (χ3n) is 8.80. The molecule has 7 nitrogen and oxygen atoms in total. The van der Waals surface area contributed by atoms with Gasteiger partial charge in [-0.05, 0) is 82.6 Å². The second-order valence-corrected chi connectivity index (χ2v) is 17.7. The van der Waals surface area contributed by atoms with E-state index in [0.717, 1.165) is 34.1 Å². The number of ether oxygens (including phenoxy) is 2. The van der Waals surface area contributed by atoms with E-state index >= 15 is 0 Å². The molecule has 0 amide bonds. The number of hydrogen-bond acceptors (Lipinski definition) is 3. The summed E-state index contributed by atoms with van der Waals surface area (Å²) >= 11 is 0. The van der Waals surface area contributed by atoms with Crippen LogP contribution in [-0.2, 0) is 16.2 Å². The van der Waals surface area contributed by atoms with Crippen molar-refractivity contribution in [3.05, 3.63) is 145 Å². The molecule has 0 aliphatic carbocycles. The summed E-state index contributed by atoms with van der Waals surface area (Å²) in [7, 11) is 1.15. The van der Waals surface area contributed by atoms with Crippen molar-refractivity contribution < 1.29 is 14.0 Å². The predicted octanol–water partition coefficient (Wildman–Crippen LogP) is 11.2. The van der Waals surface area contributed by atoms with E-state index in [-0.39, 0.29) is 16.2 Å². The third-order valence-corrected chi connectivity index (χ3v) is 11.5. The molecule has 1 aliphatic rings. The molecule has 7 rings (SSSR count). The molecule has 256 valence electrons. The Bertz CT molecular complexity index is 1900. The maximum Gasteiger partial charge on any atom is 0.317 e. The van der Waals surface area contributed by atoms with Crippen LogP contribution >= 0.6 is 17.3 Å². The van der Waals surface area contributed by atoms with E-state index in [9.17, 15) is 0 Å². The van der Waals surface area contributed by atoms with Crippen LogP contribution in [0.3, 0.4) is 0 Å². The SMILES string of the molecule is COc1cc(C(C)(C)C)cc2c1Oc1c(OP(n3cccc3)n3cccc3)cc(C(C)(C)C)cc1C2(C)C.c1ccn(Pn2cccc2)c1. The average Bonchev–Trinajstić information content (AvgIpc) is 3.89. The van der Waals surface area contributed by atoms with Gasteiger partial charge in [0.2, 0.25) is 0 Å². The van der Waals surface area contributed by atoms with E-state index in [1.165, 1.54) is 11.1 Å². The van der Waals surface area contributed by atoms with Crippen LogP contribution in [0.15, 0.2) is 122 Å². The van der Waals surface area contributed by atoms with Crippen LogP contribution in [0.2, 0.25) is 0 Å². The van der Waals surface area contributed by atoms with Crippen molar-refractivity contribution in [3.8, 4) is 23.0 Å². The van der Waals surface area contributed by atoms with Crippen LogP contribution in [0.5, 0.6) is 23.0 Å². The molecule has 0 saturated carbocycles. The lowest BCUT2D eigenvalue weighted by atomic mass is 9.72. The topological polar surface area (TPSA) is 47.4 Å². The smallest absolute Gasteiger partial charge is 0.317 e. The first-order valence-electron chi connectivity index (χ1n) is 16.6. The van der Waals surface area contributed by atoms with Crippen molar-refractivity contribution in [2.24, 2.45) is 0 Å². The molecular formula is C40H48N4O3P2. The summed E-state index contributed by atoms with van der Waals surface area (Å²) in [6.45, 7) is 18.0. The standard InChI is InChI=1S/C32H39N2O3P.C8H9N2P/c1-30(2,3)22-18-24-28(26(20-22)35-9)36-29-25(32(24,7)8)19-23(31(4,5)6)21-27(29)37-38(33-14-10-11-15-33)34-16-12-13-17-34;1-2-6-9(5-1)11-10-7-3-4-8-10/h10-21H,1-9H3;1-8,11H. The maximum atomic E-state index is 6.92. The van der Waals surface area contributed by atoms with Gasteiger partial charge >= 0.3 is 8.45 Å². The summed E-state index contributed by atoms with van der Waals surface area (Å²) in [5.41, 5.74) is 4.25. The van der Waals surface area contributed by atoms with Crippen molar-refractivity contribution in [2.45, 2.75) is 71.6 Å². The molecule has 5 heterocycles. The van der Waals surface area contributed by atoms with E-state index in [4.69, 9.17) is 14.0 Å². The summed E-state index contributed by atoms with van der Waals surface area (Å²) in [4.78, 5) is 0. The molecule has 4 aromatic heterocycles. The number of aromatic nitrogens is 4. The Morgan fingerprint density at radius 1 is 0.592 bits per heavy atom. The van der Waals surface area contributed by atoms with E-state index in [1.54, 1.807) is 7.11 Å². The van der Waals surface area contributed by atoms with Crippen molar-refractivity contribution in [1.82, 2.24) is 17.4 Å². The second kappa shape index (κ2) is 13.6. The molecule has 9 heteroatoms. The zero-order valence-corrected chi connectivity index (χ0v) is 31.9. The molecule has 2 aromatic carbocycles. The van der Waals surface area contributed by atoms with Gasteiger partial charge in [0.25, 0.3) is 0 Å². The molecule has 1 aliphatic heterocycles. The van der Waals surface area contributed by atoms with Gasteiger partial charge in [0.15, 0.2) is 23.0 Å². The fraction of sp³-hybridized carbons (Fsp3) is 0.300. The highest BCUT2D eigenvalue weighted by Gasteiger charge is 2.40. The highest BCUT2D eigenvalue weighted by atomic mass is 31.2. The summed E-state index contributed by atoms with van der Waals surface area (Å²) in [5, 5.41) is 0. The maximum absolute atomic E-state index is 6.92. The summed E-state index contributed by atoms with van der Waals surface area (Å²) < 4.78 is 28.1. The molecule has 0 unspecified atom stereocenters. The fourth-order valence-corrected chi connectivity index (χ4v) is 8.17. The van der Waals surface area contributed by atoms with Crippen LogP contribution in [0.25, 0.3) is 0 Å². The minimum absolute atomic E-state index is 0.0242. The Labute approximate surface area is 294 Å². The van der Waals surface area contributed by atoms with Gasteiger partial charge in [0, 0.05) is 66.1 Å². The van der Waals surface area contributed by atoms with Crippen LogP contribution in [0.1, 0.15) is 77.6 Å². The Balaban J connectivity index is 0.000000319. The van der Waals surface area contributed by atoms with Gasteiger partial charge < -0.3 is 22.7 Å². The lowest BCUT2D eigenvalue weighted by Gasteiger charge is -2.38. The molecule has 0 fully saturated rings. The first kappa shape index (κ1) is 34.7. The summed E-state index contributed by atoms with van der Waals surface area (Å²) in [5.74, 6) is 3.00. The van der Waals surface area contributed by atoms with E-state index in [0.29, 0.717) is 8.88 Å². The Hall–Kier alpha value is -4.18. The highest BCUT2D eigenvalue weighted by Crippen LogP contribution is 2.58. The zero-order chi connectivity index (χ0) is 35.0. The van der Waals surface area contributed by atoms with E-state index < -0.39 is 8.45 Å². The Morgan fingerprint density at radius 2 is 0.980 bits per heavy atom. The molecule has 0 atom stereocenters. The Morgan fingerprint density at radius 3 is 1.39 bits per heavy atom. The van der Waals surface area contributed by atoms with Crippen LogP contribution in [-0.4, -0.2) is 24.5 Å². The molecule has 0 bridgehead atoms. The number of fused-ring (bicyclic) bond motifs is 2. The molecular weight excluding hydrogens is 646 g/mol. The first-order chi connectivity index (χ1) is 23.3. The van der Waals surface area contributed by atoms with Crippen LogP contribution in [0, 0.1) is 0 Å². The van der Waals surface area contributed by atoms with E-state index in [1.807, 2.05) is 73.3 Å². The first-order valence-corrected chi connectivity index (χ1v) is 18.7. The van der Waals surface area contributed by atoms with Crippen LogP contribution < -0.4 is 14.0 Å². The summed E-state index contributed by atoms with van der Waals surface area (Å²) in [6, 6.07) is 25.1. The number of rotatable bonds is 7. The second-order valence-electron chi connectivity index (χ2n) is 14.9. The molecule has 6 aromatic rings. The molecule has 0 N–H and O–H groups in total. The average molecular weight is 695 g/mol. The van der Waals surface area contributed by atoms with Gasteiger partial charge in [-0.2, -0.15) is 0 Å². The van der Waals surface area contributed by atoms with E-state index in [2.05, 4.69) is 122 Å². The molecule has 0 spiro atoms. The lowest BCUT2D eigenvalue weighted by molar-refractivity contribution is 0.348. The number of methoxy groups -OCH3 is 1. The van der Waals surface area contributed by atoms with Crippen LogP contribution in [0.4, 0.5) is 0 Å². The highest BCUT2D eigenvalue weighted by molar-refractivity contribution is 7.49. The normalized spacial score (nSPS) is 13.6. The largest absolute Gasteiger partial charge is 0.493 e. The van der Waals surface area contributed by atoms with Gasteiger partial charge in [-0.15, -0.1) is 0 Å². The zero-order valence-electron chi connectivity index (χ0n) is 30.0. The Kier molecular flexibility index (Phi) is 9.63. The number of hydrogen-bond donors (Lipinski definition) is 0. The van der Waals surface area contributed by atoms with Gasteiger partial charge in [0.1, 0.15) is 0 Å². The monoisotopic (exact) mass is 694 g/mol. The molecule has 0 radical (unpaired) electrons.